The number of rotatable bonds is 14. The first-order valence-electron chi connectivity index (χ1n) is 10.4. The number of quaternary nitrogens is 1. The topological polar surface area (TPSA) is 58.6 Å². The normalized spacial score (nSPS) is 16.3. The maximum absolute atomic E-state index is 11.8. The van der Waals surface area contributed by atoms with Gasteiger partial charge in [0.05, 0.1) is 41.4 Å². The summed E-state index contributed by atoms with van der Waals surface area (Å²) in [4.78, 5) is 11.8. The van der Waals surface area contributed by atoms with Gasteiger partial charge in [-0.1, -0.05) is 66.2 Å². The van der Waals surface area contributed by atoms with Gasteiger partial charge in [0.2, 0.25) is 0 Å². The predicted octanol–water partition coefficient (Wildman–Crippen LogP) is 5.24. The zero-order valence-corrected chi connectivity index (χ0v) is 19.6. The molecule has 0 aliphatic heterocycles. The minimum atomic E-state index is -4.14. The van der Waals surface area contributed by atoms with E-state index in [-0.39, 0.29) is 13.2 Å². The molecule has 0 aromatic heterocycles. The molecule has 0 heterocycles. The Balaban J connectivity index is 0. The summed E-state index contributed by atoms with van der Waals surface area (Å²) >= 11 is 0. The van der Waals surface area contributed by atoms with Gasteiger partial charge in [0, 0.05) is 0 Å². The molecule has 0 saturated carbocycles. The first-order chi connectivity index (χ1) is 12.0. The molecule has 0 aromatic rings. The fraction of sp³-hybridized carbons (Fsp3) is 1.00. The van der Waals surface area contributed by atoms with Gasteiger partial charge in [-0.25, -0.2) is 0 Å². The third-order valence-electron chi connectivity index (χ3n) is 4.02. The van der Waals surface area contributed by atoms with E-state index in [0.29, 0.717) is 11.8 Å². The van der Waals surface area contributed by atoms with Gasteiger partial charge >= 0.3 is 0 Å². The first-order valence-corrected chi connectivity index (χ1v) is 11.8. The summed E-state index contributed by atoms with van der Waals surface area (Å²) in [7, 11) is 4.36. The zero-order valence-electron chi connectivity index (χ0n) is 18.8. The molecule has 0 saturated heterocycles. The van der Waals surface area contributed by atoms with Crippen LogP contribution in [-0.4, -0.2) is 45.9 Å². The Hall–Kier alpha value is 0.0700. The average molecular weight is 396 g/mol. The van der Waals surface area contributed by atoms with Crippen molar-refractivity contribution in [3.63, 3.8) is 0 Å². The zero-order chi connectivity index (χ0) is 20.6. The molecule has 0 fully saturated rings. The second kappa shape index (κ2) is 16.1. The highest BCUT2D eigenvalue weighted by atomic mass is 31.2. The molecule has 0 aliphatic rings. The molecular formula is C20H46NO4P. The molecule has 0 bridgehead atoms. The van der Waals surface area contributed by atoms with E-state index in [9.17, 15) is 9.46 Å². The highest BCUT2D eigenvalue weighted by Crippen LogP contribution is 2.40. The fourth-order valence-electron chi connectivity index (χ4n) is 2.23. The molecule has 0 spiro atoms. The summed E-state index contributed by atoms with van der Waals surface area (Å²) in [5.74, 6) is 0.607. The molecule has 5 nitrogen and oxygen atoms in total. The third-order valence-corrected chi connectivity index (χ3v) is 4.95. The minimum absolute atomic E-state index is 0.253. The number of hydrogen-bond acceptors (Lipinski definition) is 4. The lowest BCUT2D eigenvalue weighted by Gasteiger charge is -2.27. The molecular weight excluding hydrogens is 349 g/mol. The molecule has 160 valence electrons. The van der Waals surface area contributed by atoms with Gasteiger partial charge in [-0.2, -0.15) is 0 Å². The smallest absolute Gasteiger partial charge is 0.267 e. The molecule has 0 N–H and O–H groups in total. The number of hydrogen-bond donors (Lipinski definition) is 0. The molecule has 0 aromatic carbocycles. The van der Waals surface area contributed by atoms with Crippen LogP contribution in [0.15, 0.2) is 0 Å². The first kappa shape index (κ1) is 28.3. The van der Waals surface area contributed by atoms with E-state index in [1.807, 2.05) is 0 Å². The van der Waals surface area contributed by atoms with Crippen LogP contribution in [0.1, 0.15) is 79.1 Å². The van der Waals surface area contributed by atoms with E-state index in [1.165, 1.54) is 0 Å². The number of phosphoric acid groups is 1. The van der Waals surface area contributed by atoms with Crippen LogP contribution in [0.3, 0.4) is 0 Å². The van der Waals surface area contributed by atoms with Gasteiger partial charge in [0.1, 0.15) is 0 Å². The van der Waals surface area contributed by atoms with Gasteiger partial charge < -0.3 is 18.4 Å². The van der Waals surface area contributed by atoms with Crippen molar-refractivity contribution in [3.8, 4) is 0 Å². The Labute approximate surface area is 163 Å². The van der Waals surface area contributed by atoms with E-state index in [4.69, 9.17) is 9.05 Å². The van der Waals surface area contributed by atoms with Crippen LogP contribution in [0.2, 0.25) is 0 Å². The largest absolute Gasteiger partial charge is 0.756 e. The average Bonchev–Trinajstić information content (AvgIpc) is 2.53. The van der Waals surface area contributed by atoms with E-state index in [1.54, 1.807) is 0 Å². The molecule has 6 heteroatoms. The molecule has 26 heavy (non-hydrogen) atoms. The van der Waals surface area contributed by atoms with E-state index >= 15 is 0 Å². The SMILES string of the molecule is CCCCC(CC)COP(=O)([O-])OCC(CC)CCCC.C[N+](C)(C)C. The lowest BCUT2D eigenvalue weighted by Crippen LogP contribution is -2.27. The minimum Gasteiger partial charge on any atom is -0.756 e. The highest BCUT2D eigenvalue weighted by molar-refractivity contribution is 7.45. The standard InChI is InChI=1S/C16H35O4P.C4H12N/c1-5-9-11-15(7-3)13-19-21(17,18)20-14-16(8-4)12-10-6-2;1-5(2,3)4/h15-16H,5-14H2,1-4H3,(H,17,18);1-4H3/q;+1/p-1. The van der Waals surface area contributed by atoms with Crippen molar-refractivity contribution >= 4 is 7.82 Å². The van der Waals surface area contributed by atoms with Crippen LogP contribution in [0.25, 0.3) is 0 Å². The maximum Gasteiger partial charge on any atom is 0.267 e. The van der Waals surface area contributed by atoms with Crippen molar-refractivity contribution in [2.24, 2.45) is 11.8 Å². The maximum atomic E-state index is 11.8. The van der Waals surface area contributed by atoms with Gasteiger partial charge in [-0.05, 0) is 24.7 Å². The molecule has 0 amide bonds. The summed E-state index contributed by atoms with van der Waals surface area (Å²) < 4.78 is 22.9. The summed E-state index contributed by atoms with van der Waals surface area (Å²) in [6.45, 7) is 8.91. The van der Waals surface area contributed by atoms with Crippen LogP contribution >= 0.6 is 7.82 Å². The van der Waals surface area contributed by atoms with Crippen LogP contribution in [-0.2, 0) is 13.6 Å². The summed E-state index contributed by atoms with van der Waals surface area (Å²) in [6, 6.07) is 0. The van der Waals surface area contributed by atoms with Gasteiger partial charge in [0.25, 0.3) is 7.82 Å². The van der Waals surface area contributed by atoms with Gasteiger partial charge in [-0.15, -0.1) is 0 Å². The van der Waals surface area contributed by atoms with Crippen LogP contribution in [0, 0.1) is 11.8 Å². The molecule has 0 rings (SSSR count). The molecule has 0 aliphatic carbocycles. The van der Waals surface area contributed by atoms with Crippen molar-refractivity contribution in [1.82, 2.24) is 0 Å². The number of nitrogens with zero attached hydrogens (tertiary/aromatic N) is 1. The van der Waals surface area contributed by atoms with Gasteiger partial charge in [0.15, 0.2) is 0 Å². The van der Waals surface area contributed by atoms with Crippen molar-refractivity contribution in [2.75, 3.05) is 41.4 Å². The Morgan fingerprint density at radius 2 is 1.12 bits per heavy atom. The predicted molar refractivity (Wildman–Crippen MR) is 110 cm³/mol. The van der Waals surface area contributed by atoms with Crippen molar-refractivity contribution in [1.29, 1.82) is 0 Å². The third kappa shape index (κ3) is 22.1. The number of phosphoric ester groups is 1. The van der Waals surface area contributed by atoms with Crippen LogP contribution < -0.4 is 4.89 Å². The monoisotopic (exact) mass is 395 g/mol. The Bertz CT molecular complexity index is 328. The Morgan fingerprint density at radius 3 is 1.35 bits per heavy atom. The Kier molecular flexibility index (Phi) is 17.5. The highest BCUT2D eigenvalue weighted by Gasteiger charge is 2.16. The molecule has 2 atom stereocenters. The van der Waals surface area contributed by atoms with Crippen LogP contribution in [0.4, 0.5) is 0 Å². The van der Waals surface area contributed by atoms with E-state index in [2.05, 4.69) is 55.9 Å². The number of unbranched alkanes of at least 4 members (excludes halogenated alkanes) is 2. The summed E-state index contributed by atoms with van der Waals surface area (Å²) in [6.07, 6.45) is 8.38. The second-order valence-electron chi connectivity index (χ2n) is 8.56. The van der Waals surface area contributed by atoms with Crippen molar-refractivity contribution in [2.45, 2.75) is 79.1 Å². The second-order valence-corrected chi connectivity index (χ2v) is 9.97. The quantitative estimate of drug-likeness (QED) is 0.298. The van der Waals surface area contributed by atoms with E-state index in [0.717, 1.165) is 55.8 Å². The van der Waals surface area contributed by atoms with Crippen LogP contribution in [0.5, 0.6) is 0 Å². The fourth-order valence-corrected chi connectivity index (χ4v) is 3.09. The molecule has 2 unspecified atom stereocenters. The lowest BCUT2D eigenvalue weighted by atomic mass is 10.0. The lowest BCUT2D eigenvalue weighted by molar-refractivity contribution is -0.849. The summed E-state index contributed by atoms with van der Waals surface area (Å²) in [5, 5.41) is 0. The van der Waals surface area contributed by atoms with Crippen molar-refractivity contribution in [3.05, 3.63) is 0 Å². The van der Waals surface area contributed by atoms with Crippen molar-refractivity contribution < 1.29 is 23.0 Å². The van der Waals surface area contributed by atoms with Gasteiger partial charge in [-0.3, -0.25) is 4.57 Å². The molecule has 0 radical (unpaired) electrons. The summed E-state index contributed by atoms with van der Waals surface area (Å²) in [5.41, 5.74) is 0. The Morgan fingerprint density at radius 1 is 0.808 bits per heavy atom. The van der Waals surface area contributed by atoms with E-state index < -0.39 is 7.82 Å².